The molecule has 1 heterocycles. The number of rotatable bonds is 3. The molecule has 3 nitrogen and oxygen atoms in total. The van der Waals surface area contributed by atoms with Crippen molar-refractivity contribution >= 4 is 11.1 Å². The van der Waals surface area contributed by atoms with Crippen LogP contribution < -0.4 is 0 Å². The minimum absolute atomic E-state index is 0.280. The largest absolute Gasteiger partial charge is 0.441 e. The Hall–Kier alpha value is -1.35. The van der Waals surface area contributed by atoms with Gasteiger partial charge in [-0.25, -0.2) is 4.98 Å². The molecule has 1 aromatic heterocycles. The highest BCUT2D eigenvalue weighted by atomic mass is 16.4. The number of benzene rings is 1. The summed E-state index contributed by atoms with van der Waals surface area (Å²) in [6.07, 6.45) is 2.54. The van der Waals surface area contributed by atoms with E-state index in [1.807, 2.05) is 24.3 Å². The average molecular weight is 203 g/mol. The molecule has 15 heavy (non-hydrogen) atoms. The van der Waals surface area contributed by atoms with Crippen molar-refractivity contribution < 1.29 is 9.52 Å². The van der Waals surface area contributed by atoms with Crippen molar-refractivity contribution in [1.29, 1.82) is 0 Å². The fourth-order valence-electron chi connectivity index (χ4n) is 1.83. The van der Waals surface area contributed by atoms with Crippen LogP contribution in [0.3, 0.4) is 0 Å². The summed E-state index contributed by atoms with van der Waals surface area (Å²) in [6, 6.07) is 7.68. The molecule has 1 atom stereocenters. The van der Waals surface area contributed by atoms with Crippen LogP contribution >= 0.6 is 0 Å². The van der Waals surface area contributed by atoms with Crippen molar-refractivity contribution in [2.24, 2.45) is 5.92 Å². The van der Waals surface area contributed by atoms with E-state index in [2.05, 4.69) is 4.98 Å². The number of aliphatic hydroxyl groups excluding tert-OH is 1. The Bertz CT molecular complexity index is 440. The van der Waals surface area contributed by atoms with E-state index in [0.29, 0.717) is 18.2 Å². The third-order valence-electron chi connectivity index (χ3n) is 2.89. The van der Waals surface area contributed by atoms with Crippen LogP contribution in [0, 0.1) is 5.92 Å². The van der Waals surface area contributed by atoms with Crippen LogP contribution in [0.1, 0.15) is 18.7 Å². The first-order valence-corrected chi connectivity index (χ1v) is 5.35. The number of nitrogens with zero attached hydrogens (tertiary/aromatic N) is 1. The van der Waals surface area contributed by atoms with Gasteiger partial charge in [0.2, 0.25) is 0 Å². The summed E-state index contributed by atoms with van der Waals surface area (Å²) in [5.41, 5.74) is 1.67. The Morgan fingerprint density at radius 1 is 1.40 bits per heavy atom. The second-order valence-corrected chi connectivity index (χ2v) is 4.18. The molecule has 78 valence electrons. The average Bonchev–Trinajstić information content (AvgIpc) is 2.99. The zero-order valence-electron chi connectivity index (χ0n) is 8.39. The molecule has 1 aromatic carbocycles. The molecule has 3 rings (SSSR count). The molecule has 0 amide bonds. The second kappa shape index (κ2) is 3.35. The Kier molecular flexibility index (Phi) is 1.99. The minimum atomic E-state index is -0.280. The van der Waals surface area contributed by atoms with Crippen LogP contribution in [-0.2, 0) is 6.42 Å². The maximum absolute atomic E-state index is 9.77. The smallest absolute Gasteiger partial charge is 0.198 e. The lowest BCUT2D eigenvalue weighted by atomic mass is 10.2. The van der Waals surface area contributed by atoms with E-state index >= 15 is 0 Å². The van der Waals surface area contributed by atoms with Crippen molar-refractivity contribution in [3.05, 3.63) is 30.2 Å². The van der Waals surface area contributed by atoms with Gasteiger partial charge in [0.1, 0.15) is 5.52 Å². The van der Waals surface area contributed by atoms with E-state index in [4.69, 9.17) is 4.42 Å². The van der Waals surface area contributed by atoms with Gasteiger partial charge in [0.05, 0.1) is 12.5 Å². The highest BCUT2D eigenvalue weighted by Gasteiger charge is 2.30. The van der Waals surface area contributed by atoms with Crippen molar-refractivity contribution in [2.45, 2.75) is 25.4 Å². The molecule has 0 radical (unpaired) electrons. The SMILES string of the molecule is OC(Cc1nc2ccccc2o1)C1CC1. The van der Waals surface area contributed by atoms with Crippen LogP contribution in [0.4, 0.5) is 0 Å². The van der Waals surface area contributed by atoms with Gasteiger partial charge < -0.3 is 9.52 Å². The van der Waals surface area contributed by atoms with Crippen LogP contribution in [0.5, 0.6) is 0 Å². The molecule has 0 bridgehead atoms. The second-order valence-electron chi connectivity index (χ2n) is 4.18. The van der Waals surface area contributed by atoms with Crippen LogP contribution in [0.25, 0.3) is 11.1 Å². The quantitative estimate of drug-likeness (QED) is 0.831. The Morgan fingerprint density at radius 2 is 2.20 bits per heavy atom. The summed E-state index contributed by atoms with van der Waals surface area (Å²) >= 11 is 0. The van der Waals surface area contributed by atoms with Crippen molar-refractivity contribution in [2.75, 3.05) is 0 Å². The Morgan fingerprint density at radius 3 is 2.93 bits per heavy atom. The topological polar surface area (TPSA) is 46.3 Å². The van der Waals surface area contributed by atoms with Crippen LogP contribution in [-0.4, -0.2) is 16.2 Å². The number of hydrogen-bond acceptors (Lipinski definition) is 3. The highest BCUT2D eigenvalue weighted by Crippen LogP contribution is 2.34. The first-order chi connectivity index (χ1) is 7.33. The lowest BCUT2D eigenvalue weighted by Crippen LogP contribution is -2.12. The number of aliphatic hydroxyl groups is 1. The summed E-state index contributed by atoms with van der Waals surface area (Å²) in [5.74, 6) is 1.12. The van der Waals surface area contributed by atoms with Crippen molar-refractivity contribution in [3.63, 3.8) is 0 Å². The van der Waals surface area contributed by atoms with Gasteiger partial charge in [-0.2, -0.15) is 0 Å². The van der Waals surface area contributed by atoms with E-state index < -0.39 is 0 Å². The van der Waals surface area contributed by atoms with Gasteiger partial charge in [-0.1, -0.05) is 12.1 Å². The van der Waals surface area contributed by atoms with Crippen LogP contribution in [0.2, 0.25) is 0 Å². The normalized spacial score (nSPS) is 18.2. The van der Waals surface area contributed by atoms with Gasteiger partial charge >= 0.3 is 0 Å². The van der Waals surface area contributed by atoms with Gasteiger partial charge in [-0.15, -0.1) is 0 Å². The number of para-hydroxylation sites is 2. The maximum Gasteiger partial charge on any atom is 0.198 e. The molecule has 1 fully saturated rings. The standard InChI is InChI=1S/C12H13NO2/c14-10(8-5-6-8)7-12-13-9-3-1-2-4-11(9)15-12/h1-4,8,10,14H,5-7H2. The highest BCUT2D eigenvalue weighted by molar-refractivity contribution is 5.72. The van der Waals surface area contributed by atoms with Crippen molar-refractivity contribution in [1.82, 2.24) is 4.98 Å². The number of oxazole rings is 1. The third-order valence-corrected chi connectivity index (χ3v) is 2.89. The van der Waals surface area contributed by atoms with E-state index in [0.717, 1.165) is 23.9 Å². The van der Waals surface area contributed by atoms with Crippen molar-refractivity contribution in [3.8, 4) is 0 Å². The fraction of sp³-hybridized carbons (Fsp3) is 0.417. The summed E-state index contributed by atoms with van der Waals surface area (Å²) in [6.45, 7) is 0. The molecule has 1 aliphatic rings. The maximum atomic E-state index is 9.77. The Balaban J connectivity index is 1.84. The number of hydrogen-bond donors (Lipinski definition) is 1. The summed E-state index contributed by atoms with van der Waals surface area (Å²) in [7, 11) is 0. The summed E-state index contributed by atoms with van der Waals surface area (Å²) in [5, 5.41) is 9.77. The molecule has 1 N–H and O–H groups in total. The molecular weight excluding hydrogens is 190 g/mol. The van der Waals surface area contributed by atoms with E-state index in [1.54, 1.807) is 0 Å². The number of fused-ring (bicyclic) bond motifs is 1. The zero-order chi connectivity index (χ0) is 10.3. The molecule has 0 aliphatic heterocycles. The van der Waals surface area contributed by atoms with Gasteiger partial charge in [0.25, 0.3) is 0 Å². The first kappa shape index (κ1) is 8.92. The molecule has 0 saturated heterocycles. The van der Waals surface area contributed by atoms with Gasteiger partial charge in [0, 0.05) is 0 Å². The fourth-order valence-corrected chi connectivity index (χ4v) is 1.83. The lowest BCUT2D eigenvalue weighted by Gasteiger charge is -2.04. The molecule has 1 unspecified atom stereocenters. The van der Waals surface area contributed by atoms with Gasteiger partial charge in [-0.05, 0) is 30.9 Å². The summed E-state index contributed by atoms with van der Waals surface area (Å²) in [4.78, 5) is 4.34. The molecular formula is C12H13NO2. The van der Waals surface area contributed by atoms with E-state index in [1.165, 1.54) is 0 Å². The third kappa shape index (κ3) is 1.75. The molecule has 0 spiro atoms. The predicted octanol–water partition coefficient (Wildman–Crippen LogP) is 2.14. The lowest BCUT2D eigenvalue weighted by molar-refractivity contribution is 0.144. The Labute approximate surface area is 87.7 Å². The van der Waals surface area contributed by atoms with Gasteiger partial charge in [0.15, 0.2) is 11.5 Å². The summed E-state index contributed by atoms with van der Waals surface area (Å²) < 4.78 is 5.55. The molecule has 1 saturated carbocycles. The first-order valence-electron chi connectivity index (χ1n) is 5.35. The minimum Gasteiger partial charge on any atom is -0.441 e. The monoisotopic (exact) mass is 203 g/mol. The van der Waals surface area contributed by atoms with E-state index in [9.17, 15) is 5.11 Å². The van der Waals surface area contributed by atoms with Crippen LogP contribution in [0.15, 0.2) is 28.7 Å². The van der Waals surface area contributed by atoms with Gasteiger partial charge in [-0.3, -0.25) is 0 Å². The molecule has 2 aromatic rings. The molecule has 1 aliphatic carbocycles. The van der Waals surface area contributed by atoms with E-state index in [-0.39, 0.29) is 6.10 Å². The molecule has 3 heteroatoms. The zero-order valence-corrected chi connectivity index (χ0v) is 8.39. The number of aromatic nitrogens is 1. The predicted molar refractivity (Wildman–Crippen MR) is 56.4 cm³/mol.